The smallest absolute Gasteiger partial charge is 0.224 e. The van der Waals surface area contributed by atoms with Crippen LogP contribution in [0.3, 0.4) is 0 Å². The molecule has 0 aliphatic rings. The molecule has 7 heteroatoms. The minimum Gasteiger partial charge on any atom is -0.383 e. The van der Waals surface area contributed by atoms with Crippen molar-refractivity contribution in [2.24, 2.45) is 7.05 Å². The highest BCUT2D eigenvalue weighted by Crippen LogP contribution is 2.13. The van der Waals surface area contributed by atoms with Gasteiger partial charge in [-0.2, -0.15) is 5.10 Å². The van der Waals surface area contributed by atoms with E-state index in [9.17, 15) is 4.79 Å². The number of imidazole rings is 1. The molecule has 7 nitrogen and oxygen atoms in total. The van der Waals surface area contributed by atoms with Gasteiger partial charge in [-0.05, 0) is 12.1 Å². The monoisotopic (exact) mass is 341 g/mol. The van der Waals surface area contributed by atoms with Gasteiger partial charge in [-0.25, -0.2) is 4.98 Å². The van der Waals surface area contributed by atoms with Crippen molar-refractivity contribution in [1.82, 2.24) is 24.2 Å². The molecule has 132 valence electrons. The average Bonchev–Trinajstić information content (AvgIpc) is 3.22. The normalized spacial score (nSPS) is 11.1. The number of ether oxygens (including phenoxy) is 1. The third-order valence-corrected chi connectivity index (χ3v) is 4.14. The Balaban J connectivity index is 1.65. The number of carbonyl (C=O) groups excluding carboxylic acids is 1. The number of para-hydroxylation sites is 2. The van der Waals surface area contributed by atoms with E-state index in [0.717, 1.165) is 16.6 Å². The van der Waals surface area contributed by atoms with Crippen LogP contribution in [0.2, 0.25) is 0 Å². The lowest BCUT2D eigenvalue weighted by Crippen LogP contribution is -2.33. The number of aryl methyl sites for hydroxylation is 2. The van der Waals surface area contributed by atoms with Gasteiger partial charge in [-0.1, -0.05) is 12.1 Å². The van der Waals surface area contributed by atoms with Gasteiger partial charge in [-0.15, -0.1) is 0 Å². The van der Waals surface area contributed by atoms with Crippen LogP contribution < -0.4 is 0 Å². The van der Waals surface area contributed by atoms with Gasteiger partial charge in [0.25, 0.3) is 0 Å². The summed E-state index contributed by atoms with van der Waals surface area (Å²) < 4.78 is 8.91. The first-order valence-electron chi connectivity index (χ1n) is 8.31. The van der Waals surface area contributed by atoms with Crippen LogP contribution in [0.25, 0.3) is 11.0 Å². The van der Waals surface area contributed by atoms with Gasteiger partial charge in [0.05, 0.1) is 30.2 Å². The van der Waals surface area contributed by atoms with Crippen LogP contribution in [0.15, 0.2) is 43.0 Å². The van der Waals surface area contributed by atoms with Crippen molar-refractivity contribution in [3.05, 3.63) is 48.5 Å². The molecule has 0 fully saturated rings. The van der Waals surface area contributed by atoms with E-state index in [4.69, 9.17) is 4.74 Å². The maximum Gasteiger partial charge on any atom is 0.224 e. The van der Waals surface area contributed by atoms with Crippen LogP contribution in [-0.2, 0) is 29.7 Å². The molecule has 0 bridgehead atoms. The van der Waals surface area contributed by atoms with Crippen molar-refractivity contribution in [3.63, 3.8) is 0 Å². The number of rotatable bonds is 8. The number of hydrogen-bond acceptors (Lipinski definition) is 4. The summed E-state index contributed by atoms with van der Waals surface area (Å²) >= 11 is 0. The molecule has 0 aliphatic carbocycles. The third-order valence-electron chi connectivity index (χ3n) is 4.14. The molecule has 0 spiro atoms. The number of aromatic nitrogens is 4. The molecule has 0 atom stereocenters. The van der Waals surface area contributed by atoms with Gasteiger partial charge in [0, 0.05) is 52.0 Å². The van der Waals surface area contributed by atoms with Gasteiger partial charge >= 0.3 is 0 Å². The molecule has 1 amide bonds. The molecule has 2 heterocycles. The summed E-state index contributed by atoms with van der Waals surface area (Å²) in [5, 5.41) is 4.17. The van der Waals surface area contributed by atoms with Crippen molar-refractivity contribution in [2.75, 3.05) is 20.3 Å². The number of fused-ring (bicyclic) bond motifs is 1. The first-order chi connectivity index (χ1) is 12.2. The zero-order valence-electron chi connectivity index (χ0n) is 14.6. The third kappa shape index (κ3) is 4.24. The Labute approximate surface area is 146 Å². The van der Waals surface area contributed by atoms with Crippen LogP contribution in [0.4, 0.5) is 0 Å². The lowest BCUT2D eigenvalue weighted by atomic mass is 10.2. The van der Waals surface area contributed by atoms with Crippen LogP contribution >= 0.6 is 0 Å². The summed E-state index contributed by atoms with van der Waals surface area (Å²) in [5.74, 6) is 0.0960. The molecule has 0 unspecified atom stereocenters. The fourth-order valence-electron chi connectivity index (χ4n) is 2.83. The molecule has 0 N–H and O–H groups in total. The fourth-order valence-corrected chi connectivity index (χ4v) is 2.83. The second-order valence-electron chi connectivity index (χ2n) is 6.01. The second kappa shape index (κ2) is 7.94. The Morgan fingerprint density at radius 3 is 2.92 bits per heavy atom. The van der Waals surface area contributed by atoms with E-state index in [2.05, 4.69) is 10.1 Å². The Kier molecular flexibility index (Phi) is 5.45. The molecule has 25 heavy (non-hydrogen) atoms. The van der Waals surface area contributed by atoms with Crippen molar-refractivity contribution < 1.29 is 9.53 Å². The standard InChI is InChI=1S/C18H23N5O2/c1-21-12-15(11-20-21)13-22(9-10-25-2)18(24)7-8-23-14-19-16-5-3-4-6-17(16)23/h3-6,11-12,14H,7-10,13H2,1-2H3. The number of benzene rings is 1. The molecular formula is C18H23N5O2. The number of carbonyl (C=O) groups is 1. The number of methoxy groups -OCH3 is 1. The summed E-state index contributed by atoms with van der Waals surface area (Å²) in [5.41, 5.74) is 3.01. The molecule has 3 rings (SSSR count). The zero-order valence-corrected chi connectivity index (χ0v) is 14.6. The summed E-state index contributed by atoms with van der Waals surface area (Å²) in [6.07, 6.45) is 5.93. The predicted octanol–water partition coefficient (Wildman–Crippen LogP) is 1.84. The van der Waals surface area contributed by atoms with E-state index in [0.29, 0.717) is 32.7 Å². The molecule has 1 aromatic carbocycles. The molecule has 0 radical (unpaired) electrons. The Bertz CT molecular complexity index is 839. The zero-order chi connectivity index (χ0) is 17.6. The minimum absolute atomic E-state index is 0.0960. The Morgan fingerprint density at radius 2 is 2.16 bits per heavy atom. The highest BCUT2D eigenvalue weighted by molar-refractivity contribution is 5.77. The topological polar surface area (TPSA) is 65.2 Å². The van der Waals surface area contributed by atoms with Crippen molar-refractivity contribution in [1.29, 1.82) is 0 Å². The lowest BCUT2D eigenvalue weighted by molar-refractivity contribution is -0.132. The van der Waals surface area contributed by atoms with Crippen molar-refractivity contribution in [3.8, 4) is 0 Å². The van der Waals surface area contributed by atoms with Crippen LogP contribution in [-0.4, -0.2) is 50.4 Å². The fraction of sp³-hybridized carbons (Fsp3) is 0.389. The highest BCUT2D eigenvalue weighted by Gasteiger charge is 2.15. The van der Waals surface area contributed by atoms with Gasteiger partial charge in [0.15, 0.2) is 0 Å². The summed E-state index contributed by atoms with van der Waals surface area (Å²) in [4.78, 5) is 18.9. The molecule has 2 aromatic heterocycles. The average molecular weight is 341 g/mol. The SMILES string of the molecule is COCCN(Cc1cnn(C)c1)C(=O)CCn1cnc2ccccc21. The van der Waals surface area contributed by atoms with Crippen LogP contribution in [0.5, 0.6) is 0 Å². The minimum atomic E-state index is 0.0960. The largest absolute Gasteiger partial charge is 0.383 e. The second-order valence-corrected chi connectivity index (χ2v) is 6.01. The van der Waals surface area contributed by atoms with E-state index >= 15 is 0 Å². The molecule has 0 saturated carbocycles. The van der Waals surface area contributed by atoms with Gasteiger partial charge in [-0.3, -0.25) is 9.48 Å². The van der Waals surface area contributed by atoms with Gasteiger partial charge < -0.3 is 14.2 Å². The molecule has 0 aliphatic heterocycles. The lowest BCUT2D eigenvalue weighted by Gasteiger charge is -2.22. The first kappa shape index (κ1) is 17.2. The van der Waals surface area contributed by atoms with E-state index in [1.165, 1.54) is 0 Å². The Hall–Kier alpha value is -2.67. The van der Waals surface area contributed by atoms with E-state index in [1.54, 1.807) is 24.3 Å². The molecule has 0 saturated heterocycles. The van der Waals surface area contributed by atoms with Crippen molar-refractivity contribution >= 4 is 16.9 Å². The van der Waals surface area contributed by atoms with Crippen molar-refractivity contribution in [2.45, 2.75) is 19.5 Å². The van der Waals surface area contributed by atoms with E-state index in [1.807, 2.05) is 47.0 Å². The number of amides is 1. The molecule has 3 aromatic rings. The van der Waals surface area contributed by atoms with Gasteiger partial charge in [0.2, 0.25) is 5.91 Å². The summed E-state index contributed by atoms with van der Waals surface area (Å²) in [6, 6.07) is 7.94. The predicted molar refractivity (Wildman–Crippen MR) is 94.9 cm³/mol. The van der Waals surface area contributed by atoms with Gasteiger partial charge in [0.1, 0.15) is 0 Å². The summed E-state index contributed by atoms with van der Waals surface area (Å²) in [7, 11) is 3.51. The quantitative estimate of drug-likeness (QED) is 0.627. The first-order valence-corrected chi connectivity index (χ1v) is 8.31. The van der Waals surface area contributed by atoms with E-state index < -0.39 is 0 Å². The van der Waals surface area contributed by atoms with Crippen LogP contribution in [0.1, 0.15) is 12.0 Å². The molecular weight excluding hydrogens is 318 g/mol. The maximum atomic E-state index is 12.7. The maximum absolute atomic E-state index is 12.7. The van der Waals surface area contributed by atoms with E-state index in [-0.39, 0.29) is 5.91 Å². The number of nitrogens with zero attached hydrogens (tertiary/aromatic N) is 5. The Morgan fingerprint density at radius 1 is 1.32 bits per heavy atom. The highest BCUT2D eigenvalue weighted by atomic mass is 16.5. The van der Waals surface area contributed by atoms with Crippen LogP contribution in [0, 0.1) is 0 Å². The number of hydrogen-bond donors (Lipinski definition) is 0. The summed E-state index contributed by atoms with van der Waals surface area (Å²) in [6.45, 7) is 2.23.